The van der Waals surface area contributed by atoms with Crippen molar-refractivity contribution in [3.8, 4) is 0 Å². The third kappa shape index (κ3) is 2.74. The van der Waals surface area contributed by atoms with Crippen LogP contribution in [0.25, 0.3) is 0 Å². The van der Waals surface area contributed by atoms with Gasteiger partial charge in [0.05, 0.1) is 0 Å². The van der Waals surface area contributed by atoms with Crippen molar-refractivity contribution in [3.63, 3.8) is 0 Å². The maximum Gasteiger partial charge on any atom is 0.177 e. The lowest BCUT2D eigenvalue weighted by atomic mass is 9.97. The molecule has 0 aliphatic carbocycles. The molecule has 1 aromatic rings. The van der Waals surface area contributed by atoms with Crippen LogP contribution in [0.4, 0.5) is 0 Å². The van der Waals surface area contributed by atoms with E-state index in [1.807, 2.05) is 0 Å². The SMILES string of the molecule is CCN1CCC(Cn2cc(C)[nH]c2=S)CC1. The Hall–Kier alpha value is -0.610. The molecule has 90 valence electrons. The summed E-state index contributed by atoms with van der Waals surface area (Å²) in [7, 11) is 0. The highest BCUT2D eigenvalue weighted by Crippen LogP contribution is 2.19. The molecule has 0 amide bonds. The molecule has 0 saturated carbocycles. The Bertz CT molecular complexity index is 385. The van der Waals surface area contributed by atoms with Gasteiger partial charge in [-0.15, -0.1) is 0 Å². The number of nitrogens with one attached hydrogen (secondary N) is 1. The third-order valence-corrected chi connectivity index (χ3v) is 3.86. The van der Waals surface area contributed by atoms with Crippen molar-refractivity contribution < 1.29 is 0 Å². The van der Waals surface area contributed by atoms with Crippen LogP contribution in [0.2, 0.25) is 0 Å². The molecule has 1 aromatic heterocycles. The van der Waals surface area contributed by atoms with E-state index in [9.17, 15) is 0 Å². The Balaban J connectivity index is 1.92. The van der Waals surface area contributed by atoms with Gasteiger partial charge in [0, 0.05) is 18.4 Å². The number of imidazole rings is 1. The van der Waals surface area contributed by atoms with Crippen LogP contribution in [0.1, 0.15) is 25.5 Å². The fourth-order valence-corrected chi connectivity index (χ4v) is 2.75. The molecule has 1 N–H and O–H groups in total. The van der Waals surface area contributed by atoms with Gasteiger partial charge in [-0.05, 0) is 57.5 Å². The first-order valence-electron chi connectivity index (χ1n) is 6.17. The molecule has 2 heterocycles. The average molecular weight is 239 g/mol. The Kier molecular flexibility index (Phi) is 3.82. The van der Waals surface area contributed by atoms with E-state index in [2.05, 4.69) is 34.5 Å². The van der Waals surface area contributed by atoms with Crippen molar-refractivity contribution in [1.29, 1.82) is 0 Å². The van der Waals surface area contributed by atoms with Crippen LogP contribution in [0.3, 0.4) is 0 Å². The number of piperidine rings is 1. The van der Waals surface area contributed by atoms with E-state index in [0.29, 0.717) is 0 Å². The zero-order chi connectivity index (χ0) is 11.5. The molecule has 0 spiro atoms. The quantitative estimate of drug-likeness (QED) is 0.820. The first-order chi connectivity index (χ1) is 7.69. The smallest absolute Gasteiger partial charge is 0.177 e. The Labute approximate surface area is 102 Å². The van der Waals surface area contributed by atoms with Crippen molar-refractivity contribution in [2.45, 2.75) is 33.2 Å². The number of aromatic amines is 1. The van der Waals surface area contributed by atoms with Gasteiger partial charge in [0.25, 0.3) is 0 Å². The summed E-state index contributed by atoms with van der Waals surface area (Å²) < 4.78 is 3.06. The predicted molar refractivity (Wildman–Crippen MR) is 69.2 cm³/mol. The van der Waals surface area contributed by atoms with Crippen molar-refractivity contribution in [2.75, 3.05) is 19.6 Å². The van der Waals surface area contributed by atoms with Crippen LogP contribution in [0, 0.1) is 17.6 Å². The van der Waals surface area contributed by atoms with Gasteiger partial charge >= 0.3 is 0 Å². The van der Waals surface area contributed by atoms with Crippen LogP contribution in [-0.2, 0) is 6.54 Å². The molecule has 1 fully saturated rings. The zero-order valence-corrected chi connectivity index (χ0v) is 11.0. The standard InChI is InChI=1S/C12H21N3S/c1-3-14-6-4-11(5-7-14)9-15-8-10(2)13-12(15)16/h8,11H,3-7,9H2,1-2H3,(H,13,16). The Morgan fingerprint density at radius 3 is 2.62 bits per heavy atom. The molecule has 1 aliphatic rings. The molecule has 16 heavy (non-hydrogen) atoms. The van der Waals surface area contributed by atoms with Crippen LogP contribution >= 0.6 is 12.2 Å². The molecular formula is C12H21N3S. The maximum absolute atomic E-state index is 5.28. The van der Waals surface area contributed by atoms with Crippen LogP contribution < -0.4 is 0 Å². The van der Waals surface area contributed by atoms with Crippen LogP contribution in [-0.4, -0.2) is 34.1 Å². The molecule has 0 radical (unpaired) electrons. The second kappa shape index (κ2) is 5.15. The molecule has 3 nitrogen and oxygen atoms in total. The fourth-order valence-electron chi connectivity index (χ4n) is 2.46. The van der Waals surface area contributed by atoms with Gasteiger partial charge in [-0.3, -0.25) is 0 Å². The Morgan fingerprint density at radius 2 is 2.12 bits per heavy atom. The first kappa shape index (κ1) is 11.9. The summed E-state index contributed by atoms with van der Waals surface area (Å²) in [6, 6.07) is 0. The third-order valence-electron chi connectivity index (χ3n) is 3.52. The highest BCUT2D eigenvalue weighted by Gasteiger charge is 2.18. The normalized spacial score (nSPS) is 19.1. The Morgan fingerprint density at radius 1 is 1.44 bits per heavy atom. The van der Waals surface area contributed by atoms with Crippen molar-refractivity contribution in [2.24, 2.45) is 5.92 Å². The van der Waals surface area contributed by atoms with Gasteiger partial charge in [-0.2, -0.15) is 0 Å². The number of rotatable bonds is 3. The summed E-state index contributed by atoms with van der Waals surface area (Å²) in [5, 5.41) is 0. The minimum atomic E-state index is 0.796. The number of H-pyrrole nitrogens is 1. The summed E-state index contributed by atoms with van der Waals surface area (Å²) in [5.74, 6) is 0.796. The molecule has 1 saturated heterocycles. The van der Waals surface area contributed by atoms with E-state index in [0.717, 1.165) is 22.9 Å². The fraction of sp³-hybridized carbons (Fsp3) is 0.750. The molecule has 1 aliphatic heterocycles. The van der Waals surface area contributed by atoms with E-state index < -0.39 is 0 Å². The number of likely N-dealkylation sites (tertiary alicyclic amines) is 1. The zero-order valence-electron chi connectivity index (χ0n) is 10.2. The summed E-state index contributed by atoms with van der Waals surface area (Å²) >= 11 is 5.28. The number of aromatic nitrogens is 2. The second-order valence-corrected chi connectivity index (χ2v) is 5.16. The molecule has 2 rings (SSSR count). The summed E-state index contributed by atoms with van der Waals surface area (Å²) in [5.41, 5.74) is 1.16. The van der Waals surface area contributed by atoms with Crippen molar-refractivity contribution in [1.82, 2.24) is 14.5 Å². The lowest BCUT2D eigenvalue weighted by Gasteiger charge is -2.31. The number of hydrogen-bond acceptors (Lipinski definition) is 2. The lowest BCUT2D eigenvalue weighted by Crippen LogP contribution is -2.34. The molecule has 0 atom stereocenters. The van der Waals surface area contributed by atoms with Gasteiger partial charge in [-0.25, -0.2) is 0 Å². The first-order valence-corrected chi connectivity index (χ1v) is 6.58. The van der Waals surface area contributed by atoms with Crippen LogP contribution in [0.5, 0.6) is 0 Å². The number of hydrogen-bond donors (Lipinski definition) is 1. The van der Waals surface area contributed by atoms with Gasteiger partial charge in [0.15, 0.2) is 4.77 Å². The largest absolute Gasteiger partial charge is 0.335 e. The molecule has 4 heteroatoms. The summed E-state index contributed by atoms with van der Waals surface area (Å²) in [6.07, 6.45) is 4.74. The highest BCUT2D eigenvalue weighted by molar-refractivity contribution is 7.71. The molecule has 0 unspecified atom stereocenters. The number of nitrogens with zero attached hydrogens (tertiary/aromatic N) is 2. The summed E-state index contributed by atoms with van der Waals surface area (Å²) in [6.45, 7) is 9.07. The molecular weight excluding hydrogens is 218 g/mol. The van der Waals surface area contributed by atoms with E-state index >= 15 is 0 Å². The molecule has 0 bridgehead atoms. The monoisotopic (exact) mass is 239 g/mol. The number of aryl methyl sites for hydroxylation is 1. The van der Waals surface area contributed by atoms with Gasteiger partial charge in [0.1, 0.15) is 0 Å². The lowest BCUT2D eigenvalue weighted by molar-refractivity contribution is 0.180. The average Bonchev–Trinajstić information content (AvgIpc) is 2.59. The van der Waals surface area contributed by atoms with Gasteiger partial charge < -0.3 is 14.5 Å². The van der Waals surface area contributed by atoms with E-state index in [1.165, 1.54) is 32.5 Å². The van der Waals surface area contributed by atoms with Gasteiger partial charge in [-0.1, -0.05) is 6.92 Å². The second-order valence-electron chi connectivity index (χ2n) is 4.77. The minimum absolute atomic E-state index is 0.796. The topological polar surface area (TPSA) is 24.0 Å². The predicted octanol–water partition coefficient (Wildman–Crippen LogP) is 2.59. The maximum atomic E-state index is 5.28. The summed E-state index contributed by atoms with van der Waals surface area (Å²) in [4.78, 5) is 5.71. The van der Waals surface area contributed by atoms with E-state index in [-0.39, 0.29) is 0 Å². The van der Waals surface area contributed by atoms with Crippen LogP contribution in [0.15, 0.2) is 6.20 Å². The van der Waals surface area contributed by atoms with Crippen molar-refractivity contribution >= 4 is 12.2 Å². The van der Waals surface area contributed by atoms with E-state index in [4.69, 9.17) is 12.2 Å². The molecule has 0 aromatic carbocycles. The highest BCUT2D eigenvalue weighted by atomic mass is 32.1. The van der Waals surface area contributed by atoms with E-state index in [1.54, 1.807) is 0 Å². The van der Waals surface area contributed by atoms with Gasteiger partial charge in [0.2, 0.25) is 0 Å². The van der Waals surface area contributed by atoms with Crippen molar-refractivity contribution in [3.05, 3.63) is 16.7 Å². The minimum Gasteiger partial charge on any atom is -0.335 e.